The Morgan fingerprint density at radius 1 is 1.07 bits per heavy atom. The third-order valence-corrected chi connectivity index (χ3v) is 1.88. The van der Waals surface area contributed by atoms with Crippen LogP contribution in [-0.2, 0) is 9.59 Å². The molecule has 0 unspecified atom stereocenters. The Hall–Kier alpha value is -1.97. The molecule has 70 valence electrons. The molecule has 1 aliphatic heterocycles. The Morgan fingerprint density at radius 3 is 2.36 bits per heavy atom. The topological polar surface area (TPSA) is 49.7 Å². The molecule has 4 nitrogen and oxygen atoms in total. The maximum absolute atomic E-state index is 11.1. The molecule has 0 fully saturated rings. The summed E-state index contributed by atoms with van der Waals surface area (Å²) in [5, 5.41) is 4.82. The smallest absolute Gasteiger partial charge is 0.267 e. The van der Waals surface area contributed by atoms with Crippen molar-refractivity contribution in [3.05, 3.63) is 36.5 Å². The van der Waals surface area contributed by atoms with E-state index in [1.165, 1.54) is 12.2 Å². The molecule has 4 heteroatoms. The maximum Gasteiger partial charge on any atom is 0.274 e. The number of rotatable bonds is 1. The molecule has 0 saturated carbocycles. The summed E-state index contributed by atoms with van der Waals surface area (Å²) in [5.41, 5.74) is 0.706. The average Bonchev–Trinajstić information content (AvgIpc) is 2.51. The number of amides is 2. The van der Waals surface area contributed by atoms with Crippen LogP contribution in [0.2, 0.25) is 0 Å². The molecule has 0 aromatic heterocycles. The lowest BCUT2D eigenvalue weighted by Gasteiger charge is -2.08. The van der Waals surface area contributed by atoms with E-state index in [2.05, 4.69) is 5.10 Å². The van der Waals surface area contributed by atoms with Crippen molar-refractivity contribution in [3.8, 4) is 0 Å². The molecule has 0 N–H and O–H groups in total. The number of imide groups is 1. The molecule has 0 radical (unpaired) electrons. The minimum absolute atomic E-state index is 0.384. The van der Waals surface area contributed by atoms with Gasteiger partial charge in [0, 0.05) is 18.6 Å². The number of hydrogen-bond acceptors (Lipinski definition) is 3. The lowest BCUT2D eigenvalue weighted by atomic mass is 10.2. The molecule has 14 heavy (non-hydrogen) atoms. The molecule has 0 spiro atoms. The van der Waals surface area contributed by atoms with Gasteiger partial charge in [-0.15, -0.1) is 0 Å². The summed E-state index contributed by atoms with van der Waals surface area (Å²) < 4.78 is 0. The third-order valence-electron chi connectivity index (χ3n) is 1.88. The summed E-state index contributed by atoms with van der Waals surface area (Å²) in [4.78, 5) is 22.3. The predicted molar refractivity (Wildman–Crippen MR) is 51.3 cm³/mol. The molecule has 0 aromatic carbocycles. The first-order valence-corrected chi connectivity index (χ1v) is 4.24. The Balaban J connectivity index is 2.18. The molecule has 1 aliphatic carbocycles. The third kappa shape index (κ3) is 1.54. The van der Waals surface area contributed by atoms with Crippen molar-refractivity contribution in [1.82, 2.24) is 5.01 Å². The van der Waals surface area contributed by atoms with Gasteiger partial charge in [0.05, 0.1) is 5.71 Å². The highest BCUT2D eigenvalue weighted by Crippen LogP contribution is 2.07. The molecular formula is C10H8N2O2. The van der Waals surface area contributed by atoms with Crippen LogP contribution in [0.15, 0.2) is 41.6 Å². The van der Waals surface area contributed by atoms with E-state index in [4.69, 9.17) is 0 Å². The van der Waals surface area contributed by atoms with Crippen molar-refractivity contribution in [2.45, 2.75) is 6.42 Å². The minimum atomic E-state index is -0.384. The summed E-state index contributed by atoms with van der Waals surface area (Å²) in [6.45, 7) is 0. The molecule has 0 saturated heterocycles. The second-order valence-corrected chi connectivity index (χ2v) is 2.90. The fourth-order valence-corrected chi connectivity index (χ4v) is 1.20. The van der Waals surface area contributed by atoms with E-state index in [0.717, 1.165) is 5.01 Å². The Kier molecular flexibility index (Phi) is 2.10. The quantitative estimate of drug-likeness (QED) is 0.571. The van der Waals surface area contributed by atoms with Gasteiger partial charge in [-0.05, 0) is 6.08 Å². The Labute approximate surface area is 80.9 Å². The molecule has 2 amide bonds. The zero-order valence-electron chi connectivity index (χ0n) is 7.38. The lowest BCUT2D eigenvalue weighted by molar-refractivity contribution is -0.136. The Morgan fingerprint density at radius 2 is 1.79 bits per heavy atom. The standard InChI is InChI=1S/C10H8N2O2/c13-9-6-7-10(14)12(9)11-8-4-2-1-3-5-8/h1-4,6-7H,5H2. The van der Waals surface area contributed by atoms with Gasteiger partial charge >= 0.3 is 0 Å². The predicted octanol–water partition coefficient (Wildman–Crippen LogP) is 0.783. The van der Waals surface area contributed by atoms with Crippen molar-refractivity contribution < 1.29 is 9.59 Å². The van der Waals surface area contributed by atoms with Gasteiger partial charge in [0.2, 0.25) is 0 Å². The molecule has 0 atom stereocenters. The van der Waals surface area contributed by atoms with Gasteiger partial charge in [-0.3, -0.25) is 9.59 Å². The highest BCUT2D eigenvalue weighted by Gasteiger charge is 2.23. The van der Waals surface area contributed by atoms with Crippen molar-refractivity contribution >= 4 is 17.5 Å². The van der Waals surface area contributed by atoms with Gasteiger partial charge in [0.1, 0.15) is 0 Å². The fourth-order valence-electron chi connectivity index (χ4n) is 1.20. The summed E-state index contributed by atoms with van der Waals surface area (Å²) in [6, 6.07) is 0. The zero-order valence-corrected chi connectivity index (χ0v) is 7.38. The molecule has 1 heterocycles. The second-order valence-electron chi connectivity index (χ2n) is 2.90. The van der Waals surface area contributed by atoms with Gasteiger partial charge < -0.3 is 0 Å². The number of allylic oxidation sites excluding steroid dienone is 4. The summed E-state index contributed by atoms with van der Waals surface area (Å²) in [5.74, 6) is -0.768. The van der Waals surface area contributed by atoms with E-state index in [9.17, 15) is 9.59 Å². The first kappa shape index (κ1) is 8.62. The Bertz CT molecular complexity index is 384. The molecule has 0 bridgehead atoms. The molecule has 2 aliphatic rings. The molecule has 2 rings (SSSR count). The summed E-state index contributed by atoms with van der Waals surface area (Å²) in [7, 11) is 0. The molecule has 0 aromatic rings. The van der Waals surface area contributed by atoms with Crippen LogP contribution >= 0.6 is 0 Å². The molecular weight excluding hydrogens is 180 g/mol. The number of carbonyl (C=O) groups is 2. The van der Waals surface area contributed by atoms with Crippen molar-refractivity contribution in [1.29, 1.82) is 0 Å². The van der Waals surface area contributed by atoms with E-state index >= 15 is 0 Å². The zero-order chi connectivity index (χ0) is 9.97. The number of nitrogens with zero attached hydrogens (tertiary/aromatic N) is 2. The van der Waals surface area contributed by atoms with E-state index in [-0.39, 0.29) is 11.8 Å². The van der Waals surface area contributed by atoms with Crippen molar-refractivity contribution in [2.75, 3.05) is 0 Å². The fraction of sp³-hybridized carbons (Fsp3) is 0.100. The maximum atomic E-state index is 11.1. The van der Waals surface area contributed by atoms with Gasteiger partial charge in [-0.2, -0.15) is 10.1 Å². The summed E-state index contributed by atoms with van der Waals surface area (Å²) in [6.07, 6.45) is 10.5. The monoisotopic (exact) mass is 188 g/mol. The number of hydrogen-bond donors (Lipinski definition) is 0. The minimum Gasteiger partial charge on any atom is -0.267 e. The van der Waals surface area contributed by atoms with Gasteiger partial charge in [-0.25, -0.2) is 0 Å². The number of hydrazone groups is 1. The van der Waals surface area contributed by atoms with E-state index < -0.39 is 0 Å². The largest absolute Gasteiger partial charge is 0.274 e. The van der Waals surface area contributed by atoms with Crippen LogP contribution in [0.3, 0.4) is 0 Å². The number of carbonyl (C=O) groups excluding carboxylic acids is 2. The van der Waals surface area contributed by atoms with Crippen LogP contribution in [0.5, 0.6) is 0 Å². The lowest BCUT2D eigenvalue weighted by Crippen LogP contribution is -2.25. The van der Waals surface area contributed by atoms with Crippen molar-refractivity contribution in [2.24, 2.45) is 5.10 Å². The average molecular weight is 188 g/mol. The first-order chi connectivity index (χ1) is 6.77. The van der Waals surface area contributed by atoms with Crippen LogP contribution in [-0.4, -0.2) is 22.5 Å². The van der Waals surface area contributed by atoms with Crippen LogP contribution < -0.4 is 0 Å². The van der Waals surface area contributed by atoms with Gasteiger partial charge in [-0.1, -0.05) is 18.2 Å². The van der Waals surface area contributed by atoms with E-state index in [0.29, 0.717) is 12.1 Å². The van der Waals surface area contributed by atoms with Crippen LogP contribution in [0.1, 0.15) is 6.42 Å². The SMILES string of the molecule is O=C1C=CC(=O)N1N=C1C=CC=CC1. The highest BCUT2D eigenvalue weighted by molar-refractivity contribution is 6.13. The van der Waals surface area contributed by atoms with Gasteiger partial charge in [0.15, 0.2) is 0 Å². The summed E-state index contributed by atoms with van der Waals surface area (Å²) >= 11 is 0. The van der Waals surface area contributed by atoms with Crippen LogP contribution in [0, 0.1) is 0 Å². The van der Waals surface area contributed by atoms with Crippen LogP contribution in [0.4, 0.5) is 0 Å². The van der Waals surface area contributed by atoms with Crippen LogP contribution in [0.25, 0.3) is 0 Å². The highest BCUT2D eigenvalue weighted by atomic mass is 16.2. The van der Waals surface area contributed by atoms with Gasteiger partial charge in [0.25, 0.3) is 11.8 Å². The van der Waals surface area contributed by atoms with Crippen molar-refractivity contribution in [3.63, 3.8) is 0 Å². The first-order valence-electron chi connectivity index (χ1n) is 4.24. The van der Waals surface area contributed by atoms with E-state index in [1.807, 2.05) is 18.2 Å². The van der Waals surface area contributed by atoms with E-state index in [1.54, 1.807) is 6.08 Å². The normalized spacial score (nSPS) is 22.9. The second kappa shape index (κ2) is 3.41.